The summed E-state index contributed by atoms with van der Waals surface area (Å²) in [6, 6.07) is 34.6. The van der Waals surface area contributed by atoms with Crippen molar-refractivity contribution in [2.45, 2.75) is 17.4 Å². The molecule has 0 N–H and O–H groups in total. The molecule has 188 valence electrons. The summed E-state index contributed by atoms with van der Waals surface area (Å²) >= 11 is 0. The summed E-state index contributed by atoms with van der Waals surface area (Å²) in [7, 11) is -2.04. The Bertz CT molecular complexity index is 1770. The number of hydrogen-bond acceptors (Lipinski definition) is 3. The molecule has 1 aromatic heterocycles. The molecule has 6 heteroatoms. The zero-order valence-electron chi connectivity index (χ0n) is 20.9. The van der Waals surface area contributed by atoms with Crippen LogP contribution in [0.2, 0.25) is 0 Å². The molecule has 0 radical (unpaired) electrons. The van der Waals surface area contributed by atoms with E-state index in [1.165, 1.54) is 4.31 Å². The molecule has 2 heterocycles. The summed E-state index contributed by atoms with van der Waals surface area (Å²) in [5.41, 5.74) is 5.01. The molecule has 0 spiro atoms. The van der Waals surface area contributed by atoms with E-state index in [0.29, 0.717) is 5.56 Å². The maximum atomic E-state index is 14.2. The first kappa shape index (κ1) is 23.9. The fraction of sp³-hybridized carbons (Fsp3) is 0.0938. The van der Waals surface area contributed by atoms with Crippen molar-refractivity contribution in [3.63, 3.8) is 0 Å². The number of hydrogen-bond donors (Lipinski definition) is 0. The molecular formula is C32H26N2O3S. The van der Waals surface area contributed by atoms with E-state index in [9.17, 15) is 13.2 Å². The van der Waals surface area contributed by atoms with Crippen molar-refractivity contribution in [2.24, 2.45) is 7.05 Å². The van der Waals surface area contributed by atoms with E-state index in [4.69, 9.17) is 0 Å². The van der Waals surface area contributed by atoms with E-state index >= 15 is 0 Å². The highest BCUT2D eigenvalue weighted by atomic mass is 32.2. The van der Waals surface area contributed by atoms with E-state index in [1.807, 2.05) is 78.3 Å². The maximum Gasteiger partial charge on any atom is 0.264 e. The molecule has 4 aromatic carbocycles. The predicted octanol–water partition coefficient (Wildman–Crippen LogP) is 6.59. The molecule has 5 nitrogen and oxygen atoms in total. The van der Waals surface area contributed by atoms with Gasteiger partial charge in [0.25, 0.3) is 10.0 Å². The first-order valence-corrected chi connectivity index (χ1v) is 13.9. The number of rotatable bonds is 6. The van der Waals surface area contributed by atoms with Gasteiger partial charge in [0, 0.05) is 47.3 Å². The van der Waals surface area contributed by atoms with Gasteiger partial charge in [-0.1, -0.05) is 97.1 Å². The molecule has 0 aliphatic carbocycles. The fourth-order valence-electron chi connectivity index (χ4n) is 5.38. The molecule has 5 aromatic rings. The van der Waals surface area contributed by atoms with Crippen LogP contribution in [0.3, 0.4) is 0 Å². The SMILES string of the molecule is Cn1c2c(c3ccccc31)C(c1ccccc1)=CN(S(=O)(=O)c1ccccc1)[C@@H]2CC(=O)c1ccccc1. The van der Waals surface area contributed by atoms with Crippen molar-refractivity contribution >= 4 is 32.3 Å². The van der Waals surface area contributed by atoms with E-state index in [1.54, 1.807) is 48.7 Å². The fourth-order valence-corrected chi connectivity index (χ4v) is 6.88. The largest absolute Gasteiger partial charge is 0.345 e. The van der Waals surface area contributed by atoms with Crippen LogP contribution in [0.5, 0.6) is 0 Å². The van der Waals surface area contributed by atoms with Crippen LogP contribution in [0.25, 0.3) is 16.5 Å². The molecule has 38 heavy (non-hydrogen) atoms. The number of nitrogens with zero attached hydrogens (tertiary/aromatic N) is 2. The summed E-state index contributed by atoms with van der Waals surface area (Å²) < 4.78 is 31.8. The Labute approximate surface area is 222 Å². The van der Waals surface area contributed by atoms with Crippen molar-refractivity contribution < 1.29 is 13.2 Å². The van der Waals surface area contributed by atoms with Gasteiger partial charge < -0.3 is 4.57 Å². The van der Waals surface area contributed by atoms with Crippen LogP contribution in [0.15, 0.2) is 126 Å². The van der Waals surface area contributed by atoms with E-state index < -0.39 is 16.1 Å². The Morgan fingerprint density at radius 1 is 0.763 bits per heavy atom. The lowest BCUT2D eigenvalue weighted by atomic mass is 9.89. The Morgan fingerprint density at radius 3 is 2.03 bits per heavy atom. The number of aromatic nitrogens is 1. The van der Waals surface area contributed by atoms with Crippen molar-refractivity contribution in [1.82, 2.24) is 8.87 Å². The van der Waals surface area contributed by atoms with E-state index in [-0.39, 0.29) is 17.1 Å². The average molecular weight is 519 g/mol. The topological polar surface area (TPSA) is 59.4 Å². The van der Waals surface area contributed by atoms with Crippen LogP contribution in [0.1, 0.15) is 39.6 Å². The van der Waals surface area contributed by atoms with Gasteiger partial charge in [-0.3, -0.25) is 9.10 Å². The lowest BCUT2D eigenvalue weighted by Gasteiger charge is -2.35. The minimum atomic E-state index is -3.99. The third kappa shape index (κ3) is 3.94. The van der Waals surface area contributed by atoms with Crippen molar-refractivity contribution in [3.05, 3.63) is 144 Å². The summed E-state index contributed by atoms with van der Waals surface area (Å²) in [5.74, 6) is -0.114. The molecule has 1 aliphatic heterocycles. The van der Waals surface area contributed by atoms with Gasteiger partial charge in [-0.2, -0.15) is 0 Å². The lowest BCUT2D eigenvalue weighted by Crippen LogP contribution is -2.36. The van der Waals surface area contributed by atoms with Crippen molar-refractivity contribution in [1.29, 1.82) is 0 Å². The minimum Gasteiger partial charge on any atom is -0.345 e. The molecule has 1 aliphatic rings. The van der Waals surface area contributed by atoms with Crippen LogP contribution >= 0.6 is 0 Å². The first-order valence-electron chi connectivity index (χ1n) is 12.5. The minimum absolute atomic E-state index is 0.00576. The van der Waals surface area contributed by atoms with Crippen molar-refractivity contribution in [2.75, 3.05) is 0 Å². The second kappa shape index (κ2) is 9.47. The number of fused-ring (bicyclic) bond motifs is 3. The maximum absolute atomic E-state index is 14.2. The van der Waals surface area contributed by atoms with Crippen LogP contribution in [-0.4, -0.2) is 23.1 Å². The van der Waals surface area contributed by atoms with Gasteiger partial charge >= 0.3 is 0 Å². The van der Waals surface area contributed by atoms with Crippen LogP contribution in [0.4, 0.5) is 0 Å². The second-order valence-electron chi connectivity index (χ2n) is 9.40. The highest BCUT2D eigenvalue weighted by Gasteiger charge is 2.40. The van der Waals surface area contributed by atoms with Crippen LogP contribution < -0.4 is 0 Å². The third-order valence-corrected chi connectivity index (χ3v) is 8.96. The van der Waals surface area contributed by atoms with Gasteiger partial charge in [0.2, 0.25) is 0 Å². The summed E-state index contributed by atoms with van der Waals surface area (Å²) in [6.45, 7) is 0. The lowest BCUT2D eigenvalue weighted by molar-refractivity contribution is 0.0958. The van der Waals surface area contributed by atoms with Gasteiger partial charge in [-0.15, -0.1) is 0 Å². The number of benzene rings is 4. The number of Topliss-reactive ketones (excluding diaryl/α,β-unsaturated/α-hetero) is 1. The normalized spacial score (nSPS) is 15.2. The molecule has 0 saturated heterocycles. The zero-order chi connectivity index (χ0) is 26.3. The monoisotopic (exact) mass is 518 g/mol. The van der Waals surface area contributed by atoms with Gasteiger partial charge in [-0.05, 0) is 23.8 Å². The standard InChI is InChI=1S/C32H26N2O3S/c1-33-28-20-12-11-19-26(28)31-27(23-13-5-2-6-14-23)22-34(38(36,37)25-17-9-4-10-18-25)29(32(31)33)21-30(35)24-15-7-3-8-16-24/h2-20,22,29H,21H2,1H3/t29-/m1/s1. The van der Waals surface area contributed by atoms with Gasteiger partial charge in [-0.25, -0.2) is 8.42 Å². The van der Waals surface area contributed by atoms with Gasteiger partial charge in [0.1, 0.15) is 0 Å². The molecule has 0 bridgehead atoms. The first-order chi connectivity index (χ1) is 18.5. The number of carbonyl (C=O) groups excluding carboxylic acids is 1. The summed E-state index contributed by atoms with van der Waals surface area (Å²) in [4.78, 5) is 13.7. The Morgan fingerprint density at radius 2 is 1.34 bits per heavy atom. The number of para-hydroxylation sites is 1. The van der Waals surface area contributed by atoms with Gasteiger partial charge in [0.05, 0.1) is 16.6 Å². The van der Waals surface area contributed by atoms with Crippen molar-refractivity contribution in [3.8, 4) is 0 Å². The van der Waals surface area contributed by atoms with E-state index in [2.05, 4.69) is 6.07 Å². The molecule has 1 atom stereocenters. The highest BCUT2D eigenvalue weighted by Crippen LogP contribution is 2.46. The molecule has 0 amide bonds. The van der Waals surface area contributed by atoms with Crippen LogP contribution in [0, 0.1) is 0 Å². The predicted molar refractivity (Wildman–Crippen MR) is 150 cm³/mol. The van der Waals surface area contributed by atoms with Crippen LogP contribution in [-0.2, 0) is 17.1 Å². The third-order valence-electron chi connectivity index (χ3n) is 7.18. The Kier molecular flexibility index (Phi) is 5.97. The smallest absolute Gasteiger partial charge is 0.264 e. The Balaban J connectivity index is 1.63. The highest BCUT2D eigenvalue weighted by molar-refractivity contribution is 7.89. The summed E-state index contributed by atoms with van der Waals surface area (Å²) in [6.07, 6.45) is 1.72. The van der Waals surface area contributed by atoms with E-state index in [0.717, 1.165) is 33.3 Å². The zero-order valence-corrected chi connectivity index (χ0v) is 21.7. The number of aryl methyl sites for hydroxylation is 1. The number of carbonyl (C=O) groups is 1. The number of sulfonamides is 1. The second-order valence-corrected chi connectivity index (χ2v) is 11.2. The average Bonchev–Trinajstić information content (AvgIpc) is 3.27. The molecule has 0 fully saturated rings. The molecular weight excluding hydrogens is 492 g/mol. The van der Waals surface area contributed by atoms with Gasteiger partial charge in [0.15, 0.2) is 5.78 Å². The molecule has 6 rings (SSSR count). The summed E-state index contributed by atoms with van der Waals surface area (Å²) in [5, 5.41) is 1.02. The Hall–Kier alpha value is -4.42. The quantitative estimate of drug-likeness (QED) is 0.238. The molecule has 0 saturated carbocycles. The molecule has 0 unspecified atom stereocenters. The number of ketones is 1.